The molecule has 0 bridgehead atoms. The molecule has 2 rings (SSSR count). The lowest BCUT2D eigenvalue weighted by Crippen LogP contribution is -2.15. The number of aliphatic imine (C=N–C) groups is 1. The lowest BCUT2D eigenvalue weighted by Gasteiger charge is -2.18. The molecular formula is C11H14N4O2. The van der Waals surface area contributed by atoms with Crippen LogP contribution in [0.3, 0.4) is 0 Å². The van der Waals surface area contributed by atoms with Crippen molar-refractivity contribution in [1.82, 2.24) is 5.32 Å². The van der Waals surface area contributed by atoms with Gasteiger partial charge >= 0.3 is 0 Å². The number of nitro benzene ring substituents is 1. The van der Waals surface area contributed by atoms with Gasteiger partial charge in [-0.05, 0) is 14.0 Å². The average molecular weight is 234 g/mol. The summed E-state index contributed by atoms with van der Waals surface area (Å²) in [5.41, 5.74) is 3.25. The van der Waals surface area contributed by atoms with Crippen molar-refractivity contribution >= 4 is 23.3 Å². The maximum absolute atomic E-state index is 11.0. The Labute approximate surface area is 98.9 Å². The highest BCUT2D eigenvalue weighted by Gasteiger charge is 2.21. The summed E-state index contributed by atoms with van der Waals surface area (Å²) >= 11 is 0. The van der Waals surface area contributed by atoms with E-state index in [4.69, 9.17) is 0 Å². The Bertz CT molecular complexity index is 497. The van der Waals surface area contributed by atoms with Crippen LogP contribution in [0.15, 0.2) is 11.1 Å². The first kappa shape index (κ1) is 11.5. The van der Waals surface area contributed by atoms with Crippen LogP contribution in [0, 0.1) is 17.0 Å². The van der Waals surface area contributed by atoms with Crippen molar-refractivity contribution in [2.24, 2.45) is 4.99 Å². The van der Waals surface area contributed by atoms with Gasteiger partial charge in [-0.1, -0.05) is 0 Å². The van der Waals surface area contributed by atoms with Crippen molar-refractivity contribution in [1.29, 1.82) is 0 Å². The second-order valence-corrected chi connectivity index (χ2v) is 3.87. The Morgan fingerprint density at radius 1 is 1.65 bits per heavy atom. The van der Waals surface area contributed by atoms with Gasteiger partial charge in [0.05, 0.1) is 22.8 Å². The van der Waals surface area contributed by atoms with E-state index in [1.807, 2.05) is 7.05 Å². The lowest BCUT2D eigenvalue weighted by molar-refractivity contribution is -0.385. The summed E-state index contributed by atoms with van der Waals surface area (Å²) in [5.74, 6) is 0. The van der Waals surface area contributed by atoms with Gasteiger partial charge in [-0.3, -0.25) is 15.1 Å². The molecule has 6 heteroatoms. The summed E-state index contributed by atoms with van der Waals surface area (Å²) in [6, 6.07) is 1.52. The fraction of sp³-hybridized carbons (Fsp3) is 0.364. The Morgan fingerprint density at radius 2 is 2.41 bits per heavy atom. The van der Waals surface area contributed by atoms with E-state index in [1.54, 1.807) is 13.1 Å². The Kier molecular flexibility index (Phi) is 3.06. The highest BCUT2D eigenvalue weighted by Crippen LogP contribution is 2.38. The molecule has 1 aliphatic heterocycles. The van der Waals surface area contributed by atoms with Gasteiger partial charge in [0, 0.05) is 30.0 Å². The molecule has 2 N–H and O–H groups in total. The number of benzene rings is 1. The van der Waals surface area contributed by atoms with Crippen molar-refractivity contribution < 1.29 is 4.92 Å². The van der Waals surface area contributed by atoms with E-state index in [0.29, 0.717) is 24.3 Å². The molecular weight excluding hydrogens is 220 g/mol. The van der Waals surface area contributed by atoms with Crippen molar-refractivity contribution in [3.8, 4) is 0 Å². The number of anilines is 1. The molecule has 0 radical (unpaired) electrons. The molecule has 0 unspecified atom stereocenters. The quantitative estimate of drug-likeness (QED) is 0.616. The standard InChI is InChI=1S/C11H14N4O2/c1-7-8(6-12-2)11-9(13-3-4-14-11)5-10(7)15(16)17/h3,5,12,14H,4,6H2,1-2H3. The summed E-state index contributed by atoms with van der Waals surface area (Å²) in [5, 5.41) is 17.2. The summed E-state index contributed by atoms with van der Waals surface area (Å²) in [4.78, 5) is 14.8. The topological polar surface area (TPSA) is 79.6 Å². The number of rotatable bonds is 3. The fourth-order valence-corrected chi connectivity index (χ4v) is 1.98. The smallest absolute Gasteiger partial charge is 0.274 e. The molecule has 6 nitrogen and oxygen atoms in total. The number of nitrogens with zero attached hydrogens (tertiary/aromatic N) is 2. The molecule has 0 saturated carbocycles. The van der Waals surface area contributed by atoms with Gasteiger partial charge in [0.2, 0.25) is 0 Å². The summed E-state index contributed by atoms with van der Waals surface area (Å²) in [6.07, 6.45) is 1.71. The van der Waals surface area contributed by atoms with Crippen LogP contribution in [0.2, 0.25) is 0 Å². The van der Waals surface area contributed by atoms with Gasteiger partial charge in [-0.2, -0.15) is 0 Å². The molecule has 0 saturated heterocycles. The number of hydrogen-bond donors (Lipinski definition) is 2. The van der Waals surface area contributed by atoms with Gasteiger partial charge in [-0.15, -0.1) is 0 Å². The molecule has 0 aromatic heterocycles. The monoisotopic (exact) mass is 234 g/mol. The third-order valence-electron chi connectivity index (χ3n) is 2.82. The second kappa shape index (κ2) is 4.50. The normalized spacial score (nSPS) is 13.1. The summed E-state index contributed by atoms with van der Waals surface area (Å²) in [7, 11) is 1.82. The first-order valence-electron chi connectivity index (χ1n) is 5.37. The second-order valence-electron chi connectivity index (χ2n) is 3.87. The largest absolute Gasteiger partial charge is 0.378 e. The van der Waals surface area contributed by atoms with Gasteiger partial charge in [0.15, 0.2) is 0 Å². The van der Waals surface area contributed by atoms with Gasteiger partial charge in [-0.25, -0.2) is 0 Å². The van der Waals surface area contributed by atoms with Crippen LogP contribution < -0.4 is 10.6 Å². The molecule has 1 aliphatic rings. The van der Waals surface area contributed by atoms with E-state index < -0.39 is 0 Å². The number of fused-ring (bicyclic) bond motifs is 1. The Hall–Kier alpha value is -1.95. The SMILES string of the molecule is CNCc1c(C)c([N+](=O)[O-])cc2c1NCC=N2. The summed E-state index contributed by atoms with van der Waals surface area (Å²) in [6.45, 7) is 3.00. The maximum atomic E-state index is 11.0. The number of hydrogen-bond acceptors (Lipinski definition) is 5. The molecule has 0 aliphatic carbocycles. The van der Waals surface area contributed by atoms with Gasteiger partial charge < -0.3 is 10.6 Å². The highest BCUT2D eigenvalue weighted by molar-refractivity contribution is 5.85. The average Bonchev–Trinajstić information content (AvgIpc) is 2.32. The Balaban J connectivity index is 2.65. The molecule has 1 aromatic rings. The van der Waals surface area contributed by atoms with Crippen LogP contribution in [-0.4, -0.2) is 24.7 Å². The molecule has 1 heterocycles. The number of nitrogens with one attached hydrogen (secondary N) is 2. The molecule has 0 atom stereocenters. The predicted octanol–water partition coefficient (Wildman–Crippen LogP) is 1.75. The van der Waals surface area contributed by atoms with E-state index >= 15 is 0 Å². The highest BCUT2D eigenvalue weighted by atomic mass is 16.6. The molecule has 1 aromatic carbocycles. The zero-order valence-corrected chi connectivity index (χ0v) is 9.78. The van der Waals surface area contributed by atoms with Crippen molar-refractivity contribution in [2.45, 2.75) is 13.5 Å². The third kappa shape index (κ3) is 1.99. The van der Waals surface area contributed by atoms with Crippen molar-refractivity contribution in [3.63, 3.8) is 0 Å². The third-order valence-corrected chi connectivity index (χ3v) is 2.82. The van der Waals surface area contributed by atoms with Crippen LogP contribution in [0.25, 0.3) is 0 Å². The van der Waals surface area contributed by atoms with Gasteiger partial charge in [0.1, 0.15) is 0 Å². The zero-order valence-electron chi connectivity index (χ0n) is 9.78. The van der Waals surface area contributed by atoms with E-state index in [-0.39, 0.29) is 10.6 Å². The minimum atomic E-state index is -0.362. The summed E-state index contributed by atoms with van der Waals surface area (Å²) < 4.78 is 0. The van der Waals surface area contributed by atoms with Crippen LogP contribution >= 0.6 is 0 Å². The number of nitro groups is 1. The molecule has 17 heavy (non-hydrogen) atoms. The van der Waals surface area contributed by atoms with Crippen LogP contribution in [0.1, 0.15) is 11.1 Å². The van der Waals surface area contributed by atoms with E-state index in [9.17, 15) is 10.1 Å². The zero-order chi connectivity index (χ0) is 12.4. The molecule has 90 valence electrons. The van der Waals surface area contributed by atoms with E-state index in [1.165, 1.54) is 6.07 Å². The minimum Gasteiger partial charge on any atom is -0.378 e. The maximum Gasteiger partial charge on any atom is 0.274 e. The first-order valence-corrected chi connectivity index (χ1v) is 5.37. The first-order chi connectivity index (χ1) is 8.15. The van der Waals surface area contributed by atoms with Gasteiger partial charge in [0.25, 0.3) is 5.69 Å². The van der Waals surface area contributed by atoms with E-state index in [0.717, 1.165) is 11.3 Å². The molecule has 0 amide bonds. The molecule has 0 fully saturated rings. The van der Waals surface area contributed by atoms with Crippen molar-refractivity contribution in [2.75, 3.05) is 18.9 Å². The predicted molar refractivity (Wildman–Crippen MR) is 67.2 cm³/mol. The van der Waals surface area contributed by atoms with Crippen LogP contribution in [-0.2, 0) is 6.54 Å². The van der Waals surface area contributed by atoms with Crippen LogP contribution in [0.4, 0.5) is 17.1 Å². The Morgan fingerprint density at radius 3 is 3.06 bits per heavy atom. The van der Waals surface area contributed by atoms with E-state index in [2.05, 4.69) is 15.6 Å². The lowest BCUT2D eigenvalue weighted by atomic mass is 10.0. The molecule has 0 spiro atoms. The minimum absolute atomic E-state index is 0.120. The van der Waals surface area contributed by atoms with Crippen LogP contribution in [0.5, 0.6) is 0 Å². The van der Waals surface area contributed by atoms with Crippen molar-refractivity contribution in [3.05, 3.63) is 27.3 Å². The fourth-order valence-electron chi connectivity index (χ4n) is 1.98.